The van der Waals surface area contributed by atoms with Crippen LogP contribution in [0.5, 0.6) is 0 Å². The van der Waals surface area contributed by atoms with Gasteiger partial charge in [-0.25, -0.2) is 0 Å². The van der Waals surface area contributed by atoms with Crippen molar-refractivity contribution in [2.75, 3.05) is 32.7 Å². The number of hydrogen-bond acceptors (Lipinski definition) is 4. The molecule has 2 heterocycles. The fourth-order valence-corrected chi connectivity index (χ4v) is 4.40. The minimum Gasteiger partial charge on any atom is -0.350 e. The van der Waals surface area contributed by atoms with Crippen LogP contribution in [-0.2, 0) is 11.3 Å². The molecule has 1 saturated heterocycles. The lowest BCUT2D eigenvalue weighted by Crippen LogP contribution is -2.46. The first kappa shape index (κ1) is 24.7. The third-order valence-corrected chi connectivity index (χ3v) is 5.98. The Balaban J connectivity index is 1.50. The molecule has 0 bridgehead atoms. The van der Waals surface area contributed by atoms with Crippen LogP contribution in [0.25, 0.3) is 11.3 Å². The van der Waals surface area contributed by atoms with Crippen molar-refractivity contribution < 1.29 is 9.59 Å². The third-order valence-electron chi connectivity index (χ3n) is 5.98. The standard InChI is InChI=1S/C28H35N5O2/c1-28(2,3)29-25(34)21-31-15-10-16-32(18-17-31)27(35)24-20-33(19-22-11-6-4-7-12-22)30-26(24)23-13-8-5-9-14-23/h4-9,11-14,20H,10,15-19,21H2,1-3H3,(H,29,34). The van der Waals surface area contributed by atoms with Gasteiger partial charge in [-0.2, -0.15) is 5.10 Å². The van der Waals surface area contributed by atoms with Gasteiger partial charge in [-0.05, 0) is 32.8 Å². The Morgan fingerprint density at radius 1 is 0.914 bits per heavy atom. The van der Waals surface area contributed by atoms with Gasteiger partial charge in [0, 0.05) is 43.5 Å². The van der Waals surface area contributed by atoms with Crippen molar-refractivity contribution in [2.45, 2.75) is 39.3 Å². The summed E-state index contributed by atoms with van der Waals surface area (Å²) in [4.78, 5) is 30.1. The van der Waals surface area contributed by atoms with Gasteiger partial charge in [0.15, 0.2) is 0 Å². The molecule has 0 radical (unpaired) electrons. The highest BCUT2D eigenvalue weighted by Crippen LogP contribution is 2.24. The lowest BCUT2D eigenvalue weighted by Gasteiger charge is -2.25. The number of carbonyl (C=O) groups is 2. The zero-order valence-corrected chi connectivity index (χ0v) is 20.9. The average Bonchev–Trinajstić information content (AvgIpc) is 3.10. The lowest BCUT2D eigenvalue weighted by molar-refractivity contribution is -0.123. The van der Waals surface area contributed by atoms with Crippen molar-refractivity contribution in [1.82, 2.24) is 24.9 Å². The Kier molecular flexibility index (Phi) is 7.66. The molecule has 2 amide bonds. The Bertz CT molecular complexity index is 1140. The highest BCUT2D eigenvalue weighted by atomic mass is 16.2. The van der Waals surface area contributed by atoms with Crippen LogP contribution in [0.1, 0.15) is 43.1 Å². The largest absolute Gasteiger partial charge is 0.350 e. The maximum atomic E-state index is 13.7. The van der Waals surface area contributed by atoms with Crippen molar-refractivity contribution in [3.63, 3.8) is 0 Å². The summed E-state index contributed by atoms with van der Waals surface area (Å²) < 4.78 is 1.85. The minimum atomic E-state index is -0.251. The molecular formula is C28H35N5O2. The fourth-order valence-electron chi connectivity index (χ4n) is 4.40. The quantitative estimate of drug-likeness (QED) is 0.593. The summed E-state index contributed by atoms with van der Waals surface area (Å²) in [5, 5.41) is 7.83. The van der Waals surface area contributed by atoms with Gasteiger partial charge in [0.25, 0.3) is 5.91 Å². The van der Waals surface area contributed by atoms with Crippen molar-refractivity contribution in [1.29, 1.82) is 0 Å². The van der Waals surface area contributed by atoms with E-state index in [4.69, 9.17) is 5.10 Å². The summed E-state index contributed by atoms with van der Waals surface area (Å²) in [6.45, 7) is 9.60. The van der Waals surface area contributed by atoms with Crippen LogP contribution in [0.4, 0.5) is 0 Å². The monoisotopic (exact) mass is 473 g/mol. The third kappa shape index (κ3) is 6.79. The molecule has 1 aromatic heterocycles. The van der Waals surface area contributed by atoms with Crippen LogP contribution < -0.4 is 5.32 Å². The lowest BCUT2D eigenvalue weighted by atomic mass is 10.1. The number of nitrogens with one attached hydrogen (secondary N) is 1. The van der Waals surface area contributed by atoms with E-state index in [0.717, 1.165) is 24.1 Å². The van der Waals surface area contributed by atoms with Crippen molar-refractivity contribution >= 4 is 11.8 Å². The first-order valence-corrected chi connectivity index (χ1v) is 12.3. The molecule has 0 saturated carbocycles. The highest BCUT2D eigenvalue weighted by molar-refractivity contribution is 5.99. The summed E-state index contributed by atoms with van der Waals surface area (Å²) in [5.74, 6) is 0.00925. The topological polar surface area (TPSA) is 70.5 Å². The summed E-state index contributed by atoms with van der Waals surface area (Å²) in [5.41, 5.74) is 3.13. The van der Waals surface area contributed by atoms with Crippen LogP contribution in [0, 0.1) is 0 Å². The molecule has 1 fully saturated rings. The van der Waals surface area contributed by atoms with Crippen molar-refractivity contribution in [3.8, 4) is 11.3 Å². The van der Waals surface area contributed by atoms with Gasteiger partial charge >= 0.3 is 0 Å². The van der Waals surface area contributed by atoms with Crippen LogP contribution in [0.2, 0.25) is 0 Å². The van der Waals surface area contributed by atoms with Gasteiger partial charge in [-0.1, -0.05) is 60.7 Å². The van der Waals surface area contributed by atoms with Crippen LogP contribution in [0.3, 0.4) is 0 Å². The van der Waals surface area contributed by atoms with Gasteiger partial charge in [-0.15, -0.1) is 0 Å². The van der Waals surface area contributed by atoms with Crippen molar-refractivity contribution in [3.05, 3.63) is 78.0 Å². The van der Waals surface area contributed by atoms with E-state index in [1.54, 1.807) is 0 Å². The second kappa shape index (κ2) is 10.9. The number of carbonyl (C=O) groups excluding carboxylic acids is 2. The number of hydrogen-bond donors (Lipinski definition) is 1. The maximum Gasteiger partial charge on any atom is 0.257 e. The van der Waals surface area contributed by atoms with Gasteiger partial charge in [-0.3, -0.25) is 19.2 Å². The first-order chi connectivity index (χ1) is 16.8. The second-order valence-corrected chi connectivity index (χ2v) is 10.2. The Hall–Kier alpha value is -3.45. The van der Waals surface area contributed by atoms with Crippen LogP contribution >= 0.6 is 0 Å². The van der Waals surface area contributed by atoms with E-state index in [2.05, 4.69) is 22.3 Å². The molecule has 1 N–H and O–H groups in total. The molecule has 184 valence electrons. The maximum absolute atomic E-state index is 13.7. The average molecular weight is 474 g/mol. The van der Waals surface area contributed by atoms with E-state index in [9.17, 15) is 9.59 Å². The smallest absolute Gasteiger partial charge is 0.257 e. The molecule has 7 nitrogen and oxygen atoms in total. The number of nitrogens with zero attached hydrogens (tertiary/aromatic N) is 4. The molecule has 0 spiro atoms. The van der Waals surface area contributed by atoms with E-state index in [1.807, 2.05) is 85.1 Å². The molecule has 1 aliphatic heterocycles. The summed E-state index contributed by atoms with van der Waals surface area (Å²) in [6.07, 6.45) is 2.70. The zero-order valence-electron chi connectivity index (χ0n) is 20.9. The molecule has 35 heavy (non-hydrogen) atoms. The molecule has 0 atom stereocenters. The highest BCUT2D eigenvalue weighted by Gasteiger charge is 2.26. The second-order valence-electron chi connectivity index (χ2n) is 10.2. The molecule has 1 aliphatic rings. The van der Waals surface area contributed by atoms with E-state index >= 15 is 0 Å². The zero-order chi connectivity index (χ0) is 24.8. The Morgan fingerprint density at radius 2 is 1.60 bits per heavy atom. The van der Waals surface area contributed by atoms with Crippen molar-refractivity contribution in [2.24, 2.45) is 0 Å². The summed E-state index contributed by atoms with van der Waals surface area (Å²) in [7, 11) is 0. The van der Waals surface area contributed by atoms with Gasteiger partial charge in [0.1, 0.15) is 5.69 Å². The molecule has 3 aromatic rings. The molecule has 2 aromatic carbocycles. The van der Waals surface area contributed by atoms with Crippen LogP contribution in [0.15, 0.2) is 66.9 Å². The van der Waals surface area contributed by atoms with Crippen LogP contribution in [-0.4, -0.2) is 69.7 Å². The number of aromatic nitrogens is 2. The van der Waals surface area contributed by atoms with Gasteiger partial charge in [0.2, 0.25) is 5.91 Å². The number of amides is 2. The summed E-state index contributed by atoms with van der Waals surface area (Å²) >= 11 is 0. The molecular weight excluding hydrogens is 438 g/mol. The SMILES string of the molecule is CC(C)(C)NC(=O)CN1CCCN(C(=O)c2cn(Cc3ccccc3)nc2-c2ccccc2)CC1. The molecule has 0 aliphatic carbocycles. The van der Waals surface area contributed by atoms with E-state index in [-0.39, 0.29) is 17.4 Å². The summed E-state index contributed by atoms with van der Waals surface area (Å²) in [6, 6.07) is 20.0. The molecule has 7 heteroatoms. The van der Waals surface area contributed by atoms with E-state index in [1.165, 1.54) is 0 Å². The Morgan fingerprint density at radius 3 is 2.29 bits per heavy atom. The predicted octanol–water partition coefficient (Wildman–Crippen LogP) is 3.66. The molecule has 4 rings (SSSR count). The predicted molar refractivity (Wildman–Crippen MR) is 138 cm³/mol. The molecule has 0 unspecified atom stereocenters. The number of rotatable bonds is 6. The first-order valence-electron chi connectivity index (χ1n) is 12.3. The van der Waals surface area contributed by atoms with E-state index < -0.39 is 0 Å². The minimum absolute atomic E-state index is 0.0100. The van der Waals surface area contributed by atoms with E-state index in [0.29, 0.717) is 44.0 Å². The van der Waals surface area contributed by atoms with Gasteiger partial charge in [0.05, 0.1) is 18.7 Å². The fraction of sp³-hybridized carbons (Fsp3) is 0.393. The number of benzene rings is 2. The Labute approximate surface area is 207 Å². The van der Waals surface area contributed by atoms with Gasteiger partial charge < -0.3 is 10.2 Å². The normalized spacial score (nSPS) is 15.0.